The highest BCUT2D eigenvalue weighted by molar-refractivity contribution is 7.13. The summed E-state index contributed by atoms with van der Waals surface area (Å²) >= 11 is -1.72. The van der Waals surface area contributed by atoms with Crippen molar-refractivity contribution in [2.75, 3.05) is 18.4 Å². The average molecular weight is 484 g/mol. The van der Waals surface area contributed by atoms with Crippen LogP contribution in [-0.4, -0.2) is 53.5 Å². The van der Waals surface area contributed by atoms with Gasteiger partial charge in [-0.3, -0.25) is 9.79 Å². The highest BCUT2D eigenvalue weighted by Gasteiger charge is 2.29. The number of carbonyl (C=O) groups is 1. The largest absolute Gasteiger partial charge is 0.548 e. The lowest BCUT2D eigenvalue weighted by atomic mass is 9.83. The molecule has 1 saturated heterocycles. The van der Waals surface area contributed by atoms with Crippen LogP contribution in [0.1, 0.15) is 49.2 Å². The Bertz CT molecular complexity index is 1230. The molecule has 1 amide bonds. The van der Waals surface area contributed by atoms with Crippen LogP contribution in [0, 0.1) is 5.41 Å². The molecule has 0 saturated carbocycles. The van der Waals surface area contributed by atoms with Crippen molar-refractivity contribution in [1.29, 1.82) is 0 Å². The van der Waals surface area contributed by atoms with Gasteiger partial charge in [0.1, 0.15) is 0 Å². The van der Waals surface area contributed by atoms with Gasteiger partial charge in [0.05, 0.1) is 23.4 Å². The number of aromatic nitrogens is 2. The Morgan fingerprint density at radius 2 is 2.00 bits per heavy atom. The second-order valence-corrected chi connectivity index (χ2v) is 10.4. The fraction of sp³-hybridized carbons (Fsp3) is 0.375. The van der Waals surface area contributed by atoms with Crippen LogP contribution >= 0.6 is 11.1 Å². The molecule has 1 fully saturated rings. The third kappa shape index (κ3) is 5.14. The molecule has 3 atom stereocenters. The van der Waals surface area contributed by atoms with Gasteiger partial charge < -0.3 is 25.0 Å². The number of phenolic OH excluding ortho intramolecular Hbond substituents is 1. The Morgan fingerprint density at radius 3 is 2.65 bits per heavy atom. The minimum Gasteiger partial charge on any atom is -0.548 e. The number of nitrogens with zero attached hydrogens (tertiary/aromatic N) is 3. The summed E-state index contributed by atoms with van der Waals surface area (Å²) in [4.78, 5) is 19.2. The Kier molecular flexibility index (Phi) is 6.74. The highest BCUT2D eigenvalue weighted by Crippen LogP contribution is 2.36. The van der Waals surface area contributed by atoms with E-state index in [-0.39, 0.29) is 46.7 Å². The predicted octanol–water partition coefficient (Wildman–Crippen LogP) is 3.48. The first kappa shape index (κ1) is 23.9. The molecule has 1 aliphatic heterocycles. The Labute approximate surface area is 200 Å². The Balaban J connectivity index is 1.69. The van der Waals surface area contributed by atoms with Crippen molar-refractivity contribution >= 4 is 28.6 Å². The second-order valence-electron chi connectivity index (χ2n) is 9.47. The number of aliphatic hydroxyl groups is 1. The lowest BCUT2D eigenvalue weighted by Crippen LogP contribution is -2.29. The van der Waals surface area contributed by atoms with Crippen molar-refractivity contribution in [3.8, 4) is 5.75 Å². The van der Waals surface area contributed by atoms with Crippen molar-refractivity contribution < 1.29 is 19.6 Å². The Morgan fingerprint density at radius 1 is 1.26 bits per heavy atom. The van der Waals surface area contributed by atoms with Gasteiger partial charge in [-0.15, -0.1) is 4.37 Å². The van der Waals surface area contributed by atoms with Gasteiger partial charge in [-0.25, -0.2) is 0 Å². The molecule has 180 valence electrons. The zero-order valence-electron chi connectivity index (χ0n) is 19.4. The maximum absolute atomic E-state index is 12.8. The van der Waals surface area contributed by atoms with Crippen LogP contribution in [0.4, 0.5) is 11.5 Å². The number of H-pyrrole nitrogens is 1. The van der Waals surface area contributed by atoms with Crippen LogP contribution in [-0.2, 0) is 0 Å². The van der Waals surface area contributed by atoms with E-state index in [2.05, 4.69) is 34.8 Å². The van der Waals surface area contributed by atoms with E-state index in [9.17, 15) is 19.6 Å². The normalized spacial score (nSPS) is 18.3. The SMILES string of the molecule is CC(C)(C)C(N=c1[nH][s+]([O-])nc1Nc1cccc(C(=O)N2CC[C@@H](O)C2)c1O)c1ccccc1. The number of hydrogen-bond donors (Lipinski definition) is 4. The van der Waals surface area contributed by atoms with Gasteiger partial charge in [0.2, 0.25) is 11.3 Å². The van der Waals surface area contributed by atoms with Crippen molar-refractivity contribution in [2.24, 2.45) is 10.4 Å². The van der Waals surface area contributed by atoms with Gasteiger partial charge >= 0.3 is 0 Å². The minimum absolute atomic E-state index is 0.113. The molecule has 2 heterocycles. The van der Waals surface area contributed by atoms with Gasteiger partial charge in [0.15, 0.2) is 16.9 Å². The number of amides is 1. The molecule has 34 heavy (non-hydrogen) atoms. The molecule has 1 aromatic heterocycles. The van der Waals surface area contributed by atoms with Crippen molar-refractivity contribution in [3.63, 3.8) is 0 Å². The van der Waals surface area contributed by atoms with E-state index >= 15 is 0 Å². The van der Waals surface area contributed by atoms with Crippen LogP contribution in [0.5, 0.6) is 5.75 Å². The summed E-state index contributed by atoms with van der Waals surface area (Å²) in [6, 6.07) is 14.3. The summed E-state index contributed by atoms with van der Waals surface area (Å²) in [6.07, 6.45) is -0.0463. The topological polar surface area (TPSA) is 137 Å². The molecule has 0 radical (unpaired) electrons. The number of likely N-dealkylation sites (tertiary alicyclic amines) is 1. The van der Waals surface area contributed by atoms with Gasteiger partial charge in [-0.1, -0.05) is 57.2 Å². The summed E-state index contributed by atoms with van der Waals surface area (Å²) in [5.74, 6) is -0.400. The van der Waals surface area contributed by atoms with Gasteiger partial charge in [-0.05, 0) is 29.5 Å². The fourth-order valence-electron chi connectivity index (χ4n) is 4.02. The summed E-state index contributed by atoms with van der Waals surface area (Å²) in [5, 5.41) is 23.6. The lowest BCUT2D eigenvalue weighted by molar-refractivity contribution is 0.0762. The van der Waals surface area contributed by atoms with Crippen LogP contribution < -0.4 is 10.8 Å². The van der Waals surface area contributed by atoms with Crippen molar-refractivity contribution in [1.82, 2.24) is 13.6 Å². The maximum atomic E-state index is 12.8. The van der Waals surface area contributed by atoms with Crippen LogP contribution in [0.2, 0.25) is 0 Å². The fourth-order valence-corrected chi connectivity index (χ4v) is 4.68. The van der Waals surface area contributed by atoms with Crippen LogP contribution in [0.15, 0.2) is 53.5 Å². The molecule has 4 rings (SSSR count). The molecule has 0 spiro atoms. The molecule has 9 nitrogen and oxygen atoms in total. The van der Waals surface area contributed by atoms with Crippen LogP contribution in [0.3, 0.4) is 0 Å². The molecule has 1 aliphatic rings. The molecule has 4 N–H and O–H groups in total. The number of anilines is 2. The molecular weight excluding hydrogens is 454 g/mol. The quantitative estimate of drug-likeness (QED) is 0.324. The highest BCUT2D eigenvalue weighted by atomic mass is 32.2. The number of aromatic amines is 1. The summed E-state index contributed by atoms with van der Waals surface area (Å²) in [5.41, 5.74) is 1.43. The second kappa shape index (κ2) is 9.57. The zero-order chi connectivity index (χ0) is 24.5. The first-order valence-electron chi connectivity index (χ1n) is 11.1. The third-order valence-corrected chi connectivity index (χ3v) is 6.46. The molecular formula is C24H29N5O4S. The predicted molar refractivity (Wildman–Crippen MR) is 129 cm³/mol. The molecule has 0 aliphatic carbocycles. The molecule has 2 aromatic carbocycles. The van der Waals surface area contributed by atoms with E-state index in [0.29, 0.717) is 18.5 Å². The zero-order valence-corrected chi connectivity index (χ0v) is 20.2. The number of hydrogen-bond acceptors (Lipinski definition) is 7. The lowest BCUT2D eigenvalue weighted by Gasteiger charge is -2.27. The first-order chi connectivity index (χ1) is 16.1. The van der Waals surface area contributed by atoms with E-state index in [0.717, 1.165) is 5.56 Å². The van der Waals surface area contributed by atoms with Crippen molar-refractivity contribution in [2.45, 2.75) is 39.3 Å². The van der Waals surface area contributed by atoms with Gasteiger partial charge in [-0.2, -0.15) is 0 Å². The standard InChI is InChI=1S/C24H29N5O4S/c1-24(2,3)20(15-8-5-4-6-9-15)26-22-21(27-34(33)28-22)25-18-11-7-10-17(19(18)31)23(32)29-13-12-16(30)14-29/h4-11,16,20,30-31H,12-14H2,1-3H3,(H,25,27)(H,26,28)/t16-,20?,34?/m1/s1. The van der Waals surface area contributed by atoms with E-state index < -0.39 is 17.2 Å². The molecule has 10 heteroatoms. The number of aliphatic hydroxyl groups excluding tert-OH is 1. The summed E-state index contributed by atoms with van der Waals surface area (Å²) in [7, 11) is 0. The van der Waals surface area contributed by atoms with E-state index in [1.54, 1.807) is 12.1 Å². The number of rotatable bonds is 5. The summed E-state index contributed by atoms with van der Waals surface area (Å²) in [6.45, 7) is 6.87. The number of benzene rings is 2. The number of carbonyl (C=O) groups excluding carboxylic acids is 1. The number of para-hydroxylation sites is 1. The first-order valence-corrected chi connectivity index (χ1v) is 12.2. The van der Waals surface area contributed by atoms with E-state index in [1.807, 2.05) is 30.3 Å². The third-order valence-electron chi connectivity index (χ3n) is 5.75. The Hall–Kier alpha value is -3.21. The summed E-state index contributed by atoms with van der Waals surface area (Å²) < 4.78 is 19.1. The maximum Gasteiger partial charge on any atom is 0.257 e. The minimum atomic E-state index is -1.72. The molecule has 2 unspecified atom stereocenters. The van der Waals surface area contributed by atoms with Crippen LogP contribution in [0.25, 0.3) is 0 Å². The van der Waals surface area contributed by atoms with E-state index in [4.69, 9.17) is 4.99 Å². The van der Waals surface area contributed by atoms with Gasteiger partial charge in [0, 0.05) is 17.5 Å². The van der Waals surface area contributed by atoms with Crippen molar-refractivity contribution in [3.05, 3.63) is 65.1 Å². The molecule has 3 aromatic rings. The number of phenols is 1. The average Bonchev–Trinajstić information content (AvgIpc) is 3.37. The monoisotopic (exact) mass is 483 g/mol. The van der Waals surface area contributed by atoms with Gasteiger partial charge in [0.25, 0.3) is 5.91 Å². The number of β-amino-alcohol motifs (C(OH)–C–C–N with tert-alkyl or cyclic N) is 1. The number of aromatic hydroxyl groups is 1. The smallest absolute Gasteiger partial charge is 0.257 e. The van der Waals surface area contributed by atoms with E-state index in [1.165, 1.54) is 11.0 Å². The number of nitrogens with one attached hydrogen (secondary N) is 2. The molecule has 0 bridgehead atoms.